The summed E-state index contributed by atoms with van der Waals surface area (Å²) < 4.78 is 10.4. The van der Waals surface area contributed by atoms with Crippen LogP contribution in [0.15, 0.2) is 59.2 Å². The molecule has 0 unspecified atom stereocenters. The zero-order valence-electron chi connectivity index (χ0n) is 13.3. The van der Waals surface area contributed by atoms with Crippen LogP contribution >= 0.6 is 0 Å². The highest BCUT2D eigenvalue weighted by atomic mass is 16.6. The summed E-state index contributed by atoms with van der Waals surface area (Å²) in [5, 5.41) is 0. The van der Waals surface area contributed by atoms with Gasteiger partial charge in [0.15, 0.2) is 11.5 Å². The molecule has 0 saturated heterocycles. The third-order valence-electron chi connectivity index (χ3n) is 3.55. The molecule has 5 heteroatoms. The van der Waals surface area contributed by atoms with Crippen LogP contribution < -0.4 is 4.74 Å². The molecular weight excluding hydrogens is 306 g/mol. The third kappa shape index (κ3) is 3.10. The van der Waals surface area contributed by atoms with E-state index in [9.17, 15) is 9.59 Å². The molecule has 1 heterocycles. The minimum atomic E-state index is -0.519. The zero-order valence-corrected chi connectivity index (χ0v) is 13.3. The van der Waals surface area contributed by atoms with Gasteiger partial charge < -0.3 is 9.47 Å². The number of ketones is 1. The van der Waals surface area contributed by atoms with Crippen molar-refractivity contribution < 1.29 is 19.1 Å². The molecule has 0 aliphatic carbocycles. The largest absolute Gasteiger partial charge is 0.496 e. The van der Waals surface area contributed by atoms with Gasteiger partial charge in [0.1, 0.15) is 5.75 Å². The second kappa shape index (κ2) is 6.50. The van der Waals surface area contributed by atoms with Crippen molar-refractivity contribution in [1.29, 1.82) is 0 Å². The van der Waals surface area contributed by atoms with E-state index in [1.165, 1.54) is 14.0 Å². The van der Waals surface area contributed by atoms with Crippen molar-refractivity contribution in [2.75, 3.05) is 7.11 Å². The Hall–Kier alpha value is -3.21. The zero-order chi connectivity index (χ0) is 17.1. The molecule has 0 bridgehead atoms. The van der Waals surface area contributed by atoms with Gasteiger partial charge in [0, 0.05) is 5.56 Å². The van der Waals surface area contributed by atoms with Crippen LogP contribution in [0.3, 0.4) is 0 Å². The van der Waals surface area contributed by atoms with E-state index in [0.717, 1.165) is 5.56 Å². The van der Waals surface area contributed by atoms with Crippen LogP contribution in [-0.2, 0) is 9.53 Å². The fourth-order valence-electron chi connectivity index (χ4n) is 2.36. The van der Waals surface area contributed by atoms with Gasteiger partial charge in [0.05, 0.1) is 12.7 Å². The lowest BCUT2D eigenvalue weighted by Crippen LogP contribution is -2.05. The summed E-state index contributed by atoms with van der Waals surface area (Å²) in [4.78, 5) is 27.9. The van der Waals surface area contributed by atoms with Crippen molar-refractivity contribution in [3.05, 3.63) is 70.9 Å². The van der Waals surface area contributed by atoms with E-state index in [4.69, 9.17) is 9.47 Å². The summed E-state index contributed by atoms with van der Waals surface area (Å²) in [5.74, 6) is 0.128. The summed E-state index contributed by atoms with van der Waals surface area (Å²) in [6.07, 6.45) is 1.59. The summed E-state index contributed by atoms with van der Waals surface area (Å²) in [6.45, 7) is 1.46. The molecule has 24 heavy (non-hydrogen) atoms. The highest BCUT2D eigenvalue weighted by Crippen LogP contribution is 2.24. The van der Waals surface area contributed by atoms with Crippen LogP contribution in [-0.4, -0.2) is 24.8 Å². The number of hydrogen-bond donors (Lipinski definition) is 0. The highest BCUT2D eigenvalue weighted by molar-refractivity contribution is 6.13. The minimum absolute atomic E-state index is 0.116. The molecule has 1 aliphatic heterocycles. The lowest BCUT2D eigenvalue weighted by molar-refractivity contribution is -0.129. The Labute approximate surface area is 139 Å². The van der Waals surface area contributed by atoms with Crippen LogP contribution in [0.4, 0.5) is 0 Å². The smallest absolute Gasteiger partial charge is 0.363 e. The van der Waals surface area contributed by atoms with Crippen LogP contribution in [0.2, 0.25) is 0 Å². The van der Waals surface area contributed by atoms with E-state index in [1.54, 1.807) is 24.3 Å². The van der Waals surface area contributed by atoms with Crippen molar-refractivity contribution in [2.24, 2.45) is 4.99 Å². The fraction of sp³-hybridized carbons (Fsp3) is 0.105. The topological polar surface area (TPSA) is 65.0 Å². The monoisotopic (exact) mass is 321 g/mol. The predicted molar refractivity (Wildman–Crippen MR) is 90.0 cm³/mol. The van der Waals surface area contributed by atoms with Crippen molar-refractivity contribution in [2.45, 2.75) is 6.92 Å². The molecule has 1 aliphatic rings. The highest BCUT2D eigenvalue weighted by Gasteiger charge is 2.24. The van der Waals surface area contributed by atoms with Gasteiger partial charge in [0.25, 0.3) is 0 Å². The van der Waals surface area contributed by atoms with E-state index in [0.29, 0.717) is 16.9 Å². The number of carbonyl (C=O) groups excluding carboxylic acids is 2. The van der Waals surface area contributed by atoms with Crippen LogP contribution in [0.1, 0.15) is 28.4 Å². The number of carbonyl (C=O) groups is 2. The van der Waals surface area contributed by atoms with Crippen molar-refractivity contribution in [3.63, 3.8) is 0 Å². The number of ether oxygens (including phenoxy) is 2. The molecule has 0 amide bonds. The van der Waals surface area contributed by atoms with Crippen LogP contribution in [0.25, 0.3) is 6.08 Å². The second-order valence-corrected chi connectivity index (χ2v) is 5.22. The molecule has 3 rings (SSSR count). The Morgan fingerprint density at radius 1 is 1.17 bits per heavy atom. The molecule has 2 aromatic rings. The Morgan fingerprint density at radius 3 is 2.58 bits per heavy atom. The molecule has 5 nitrogen and oxygen atoms in total. The summed E-state index contributed by atoms with van der Waals surface area (Å²) >= 11 is 0. The van der Waals surface area contributed by atoms with E-state index in [2.05, 4.69) is 4.99 Å². The molecule has 0 aromatic heterocycles. The van der Waals surface area contributed by atoms with E-state index >= 15 is 0 Å². The van der Waals surface area contributed by atoms with Gasteiger partial charge in [-0.2, -0.15) is 0 Å². The van der Waals surface area contributed by atoms with Gasteiger partial charge >= 0.3 is 5.97 Å². The summed E-state index contributed by atoms with van der Waals surface area (Å²) in [6, 6.07) is 14.3. The molecule has 120 valence electrons. The number of rotatable bonds is 4. The minimum Gasteiger partial charge on any atom is -0.496 e. The number of esters is 1. The number of cyclic esters (lactones) is 1. The Kier molecular flexibility index (Phi) is 4.24. The predicted octanol–water partition coefficient (Wildman–Crippen LogP) is 3.24. The number of methoxy groups -OCH3 is 1. The van der Waals surface area contributed by atoms with Gasteiger partial charge in [-0.25, -0.2) is 9.79 Å². The van der Waals surface area contributed by atoms with Gasteiger partial charge in [-0.15, -0.1) is 0 Å². The number of aliphatic imine (C=N–C) groups is 1. The first-order chi connectivity index (χ1) is 11.6. The lowest BCUT2D eigenvalue weighted by Gasteiger charge is -2.06. The Balaban J connectivity index is 1.97. The maximum atomic E-state index is 12.0. The standard InChI is InChI=1S/C19H15NO4/c1-12(21)15-10-13(8-9-17(15)23-2)11-16-19(22)24-18(20-16)14-6-4-3-5-7-14/h3-11H,1-2H3/b16-11+. The molecule has 0 saturated carbocycles. The summed E-state index contributed by atoms with van der Waals surface area (Å²) in [5.41, 5.74) is 2.04. The quantitative estimate of drug-likeness (QED) is 0.492. The normalized spacial score (nSPS) is 15.2. The van der Waals surface area contributed by atoms with Crippen LogP contribution in [0, 0.1) is 0 Å². The van der Waals surface area contributed by atoms with Gasteiger partial charge in [-0.05, 0) is 42.8 Å². The fourth-order valence-corrected chi connectivity index (χ4v) is 2.36. The maximum absolute atomic E-state index is 12.0. The molecular formula is C19H15NO4. The Bertz CT molecular complexity index is 866. The first-order valence-electron chi connectivity index (χ1n) is 7.35. The number of hydrogen-bond acceptors (Lipinski definition) is 5. The lowest BCUT2D eigenvalue weighted by atomic mass is 10.1. The molecule has 2 aromatic carbocycles. The number of benzene rings is 2. The second-order valence-electron chi connectivity index (χ2n) is 5.22. The van der Waals surface area contributed by atoms with Gasteiger partial charge in [-0.3, -0.25) is 4.79 Å². The third-order valence-corrected chi connectivity index (χ3v) is 3.55. The van der Waals surface area contributed by atoms with Crippen molar-refractivity contribution in [1.82, 2.24) is 0 Å². The van der Waals surface area contributed by atoms with Crippen molar-refractivity contribution in [3.8, 4) is 5.75 Å². The molecule has 0 spiro atoms. The van der Waals surface area contributed by atoms with Gasteiger partial charge in [0.2, 0.25) is 5.90 Å². The van der Waals surface area contributed by atoms with Gasteiger partial charge in [-0.1, -0.05) is 24.3 Å². The van der Waals surface area contributed by atoms with E-state index in [-0.39, 0.29) is 17.4 Å². The average molecular weight is 321 g/mol. The first kappa shape index (κ1) is 15.7. The summed E-state index contributed by atoms with van der Waals surface area (Å²) in [7, 11) is 1.50. The average Bonchev–Trinajstić information content (AvgIpc) is 2.96. The molecule has 0 radical (unpaired) electrons. The number of Topliss-reactive ketones (excluding diaryl/α,β-unsaturated/α-hetero) is 1. The first-order valence-corrected chi connectivity index (χ1v) is 7.35. The molecule has 0 N–H and O–H groups in total. The van der Waals surface area contributed by atoms with E-state index in [1.807, 2.05) is 30.3 Å². The number of nitrogens with zero attached hydrogens (tertiary/aromatic N) is 1. The molecule has 0 fully saturated rings. The van der Waals surface area contributed by atoms with Crippen LogP contribution in [0.5, 0.6) is 5.75 Å². The molecule has 0 atom stereocenters. The van der Waals surface area contributed by atoms with E-state index < -0.39 is 5.97 Å². The van der Waals surface area contributed by atoms with Crippen molar-refractivity contribution >= 4 is 23.7 Å². The Morgan fingerprint density at radius 2 is 1.92 bits per heavy atom. The SMILES string of the molecule is COc1ccc(/C=C2/N=C(c3ccccc3)OC2=O)cc1C(C)=O. The maximum Gasteiger partial charge on any atom is 0.363 e.